The number of hydrogen-bond donors (Lipinski definition) is 2. The molecular formula is C31H28BrF3N2O5. The van der Waals surface area contributed by atoms with E-state index in [1.165, 1.54) is 24.3 Å². The van der Waals surface area contributed by atoms with E-state index >= 15 is 0 Å². The molecule has 2 unspecified atom stereocenters. The first-order valence-corrected chi connectivity index (χ1v) is 13.9. The van der Waals surface area contributed by atoms with Gasteiger partial charge in [0.25, 0.3) is 0 Å². The zero-order valence-corrected chi connectivity index (χ0v) is 24.1. The number of aromatic nitrogens is 1. The molecule has 1 amide bonds. The number of alkyl halides is 3. The van der Waals surface area contributed by atoms with Gasteiger partial charge in [-0.1, -0.05) is 58.4 Å². The van der Waals surface area contributed by atoms with Gasteiger partial charge in [0.1, 0.15) is 0 Å². The Kier molecular flexibility index (Phi) is 9.72. The maximum atomic E-state index is 12.3. The van der Waals surface area contributed by atoms with Crippen LogP contribution in [0.5, 0.6) is 11.5 Å². The van der Waals surface area contributed by atoms with Crippen molar-refractivity contribution in [2.24, 2.45) is 11.7 Å². The molecule has 11 heteroatoms. The second-order valence-corrected chi connectivity index (χ2v) is 10.7. The summed E-state index contributed by atoms with van der Waals surface area (Å²) >= 11 is 3.42. The second-order valence-electron chi connectivity index (χ2n) is 9.79. The number of carboxylic acids is 1. The van der Waals surface area contributed by atoms with Crippen molar-refractivity contribution in [1.82, 2.24) is 4.98 Å². The minimum atomic E-state index is -4.80. The lowest BCUT2D eigenvalue weighted by Crippen LogP contribution is -2.29. The summed E-state index contributed by atoms with van der Waals surface area (Å²) in [5, 5.41) is 9.77. The topological polar surface area (TPSA) is 112 Å². The Labute approximate surface area is 248 Å². The quantitative estimate of drug-likeness (QED) is 0.223. The van der Waals surface area contributed by atoms with Crippen LogP contribution in [0.2, 0.25) is 0 Å². The zero-order valence-electron chi connectivity index (χ0n) is 22.5. The van der Waals surface area contributed by atoms with Crippen molar-refractivity contribution < 1.29 is 37.3 Å². The molecule has 3 N–H and O–H groups in total. The van der Waals surface area contributed by atoms with Gasteiger partial charge in [-0.05, 0) is 68.5 Å². The normalized spacial score (nSPS) is 16.7. The van der Waals surface area contributed by atoms with Crippen LogP contribution in [-0.2, 0) is 4.79 Å². The molecule has 1 aliphatic carbocycles. The van der Waals surface area contributed by atoms with Crippen LogP contribution in [0.1, 0.15) is 41.6 Å². The summed E-state index contributed by atoms with van der Waals surface area (Å²) in [6.07, 6.45) is -3.08. The van der Waals surface area contributed by atoms with E-state index in [1.54, 1.807) is 0 Å². The third-order valence-corrected chi connectivity index (χ3v) is 7.32. The van der Waals surface area contributed by atoms with E-state index in [1.807, 2.05) is 55.5 Å². The molecule has 0 aliphatic heterocycles. The minimum Gasteiger partial charge on any atom is -0.487 e. The fourth-order valence-electron chi connectivity index (χ4n) is 4.94. The number of halogens is 4. The molecule has 2 atom stereocenters. The number of aliphatic carboxylic acids is 1. The molecule has 0 saturated heterocycles. The molecule has 220 valence electrons. The molecule has 5 rings (SSSR count). The van der Waals surface area contributed by atoms with Crippen LogP contribution in [-0.4, -0.2) is 34.4 Å². The number of nitrogens with zero attached hydrogens (tertiary/aromatic N) is 1. The lowest BCUT2D eigenvalue weighted by Gasteiger charge is -2.28. The number of para-hydroxylation sites is 2. The summed E-state index contributed by atoms with van der Waals surface area (Å²) < 4.78 is 47.3. The van der Waals surface area contributed by atoms with Crippen molar-refractivity contribution in [2.75, 3.05) is 0 Å². The molecule has 3 aromatic carbocycles. The van der Waals surface area contributed by atoms with Gasteiger partial charge in [0.2, 0.25) is 5.91 Å². The van der Waals surface area contributed by atoms with E-state index in [4.69, 9.17) is 20.6 Å². The summed E-state index contributed by atoms with van der Waals surface area (Å²) in [7, 11) is 0. The number of hydrogen-bond acceptors (Lipinski definition) is 5. The maximum absolute atomic E-state index is 12.3. The van der Waals surface area contributed by atoms with Crippen LogP contribution in [0, 0.1) is 12.8 Å². The molecule has 1 aliphatic rings. The van der Waals surface area contributed by atoms with Gasteiger partial charge in [-0.2, -0.15) is 0 Å². The number of carbonyl (C=O) groups excluding carboxylic acids is 1. The molecule has 1 aromatic heterocycles. The zero-order chi connectivity index (χ0) is 30.4. The van der Waals surface area contributed by atoms with Gasteiger partial charge in [0, 0.05) is 15.4 Å². The maximum Gasteiger partial charge on any atom is 0.573 e. The fourth-order valence-corrected chi connectivity index (χ4v) is 5.30. The van der Waals surface area contributed by atoms with E-state index in [0.717, 1.165) is 32.2 Å². The number of amides is 1. The Hall–Kier alpha value is -4.12. The second kappa shape index (κ2) is 13.2. The van der Waals surface area contributed by atoms with Gasteiger partial charge >= 0.3 is 12.3 Å². The largest absolute Gasteiger partial charge is 0.573 e. The highest BCUT2D eigenvalue weighted by molar-refractivity contribution is 9.10. The highest BCUT2D eigenvalue weighted by atomic mass is 79.9. The van der Waals surface area contributed by atoms with Crippen molar-refractivity contribution in [3.8, 4) is 22.8 Å². The van der Waals surface area contributed by atoms with Gasteiger partial charge in [-0.25, -0.2) is 4.98 Å². The number of nitrogens with two attached hydrogens (primary N) is 1. The van der Waals surface area contributed by atoms with Crippen LogP contribution < -0.4 is 15.2 Å². The number of benzene rings is 3. The van der Waals surface area contributed by atoms with E-state index in [0.29, 0.717) is 24.8 Å². The third-order valence-electron chi connectivity index (χ3n) is 6.83. The standard InChI is InChI=1S/C17H13BrN2O.C14H15F3O4/c1-10-15(17(19)21)13-9-12(18)7-8-14(13)20-16(10)11-5-3-2-4-6-11;15-14(16,17)21-12-7-2-1-6-11(12)20-10-5-3-4-9(8-10)13(18)19/h2-9H,1H3,(H2,19,21);1-2,6-7,9-10H,3-5,8H2,(H,18,19). The van der Waals surface area contributed by atoms with E-state index < -0.39 is 36.0 Å². The Bertz CT molecular complexity index is 1580. The first-order chi connectivity index (χ1) is 19.9. The summed E-state index contributed by atoms with van der Waals surface area (Å²) in [4.78, 5) is 27.6. The fraction of sp³-hybridized carbons (Fsp3) is 0.258. The summed E-state index contributed by atoms with van der Waals surface area (Å²) in [5.41, 5.74) is 9.45. The van der Waals surface area contributed by atoms with Crippen LogP contribution in [0.3, 0.4) is 0 Å². The van der Waals surface area contributed by atoms with Gasteiger partial charge < -0.3 is 20.3 Å². The Balaban J connectivity index is 0.000000193. The Morgan fingerprint density at radius 2 is 1.67 bits per heavy atom. The summed E-state index contributed by atoms with van der Waals surface area (Å²) in [6.45, 7) is 1.88. The first kappa shape index (κ1) is 30.8. The van der Waals surface area contributed by atoms with Crippen LogP contribution in [0.4, 0.5) is 13.2 Å². The van der Waals surface area contributed by atoms with Crippen molar-refractivity contribution in [3.63, 3.8) is 0 Å². The highest BCUT2D eigenvalue weighted by Crippen LogP contribution is 2.35. The smallest absolute Gasteiger partial charge is 0.487 e. The van der Waals surface area contributed by atoms with Gasteiger partial charge in [0.05, 0.1) is 28.8 Å². The third kappa shape index (κ3) is 7.79. The minimum absolute atomic E-state index is 0.0223. The molecule has 1 saturated carbocycles. The van der Waals surface area contributed by atoms with Gasteiger partial charge in [0.15, 0.2) is 11.5 Å². The predicted octanol–water partition coefficient (Wildman–Crippen LogP) is 7.68. The van der Waals surface area contributed by atoms with Crippen molar-refractivity contribution >= 4 is 38.7 Å². The number of pyridine rings is 1. The van der Waals surface area contributed by atoms with Crippen molar-refractivity contribution in [1.29, 1.82) is 0 Å². The molecule has 42 heavy (non-hydrogen) atoms. The molecule has 0 bridgehead atoms. The number of carbonyl (C=O) groups is 2. The van der Waals surface area contributed by atoms with Gasteiger partial charge in [-0.15, -0.1) is 13.2 Å². The number of primary amides is 1. The van der Waals surface area contributed by atoms with Crippen LogP contribution in [0.15, 0.2) is 77.3 Å². The summed E-state index contributed by atoms with van der Waals surface area (Å²) in [5.74, 6) is -2.29. The molecule has 1 heterocycles. The molecule has 0 spiro atoms. The van der Waals surface area contributed by atoms with Gasteiger partial charge in [-0.3, -0.25) is 9.59 Å². The molecule has 1 fully saturated rings. The predicted molar refractivity (Wildman–Crippen MR) is 155 cm³/mol. The number of fused-ring (bicyclic) bond motifs is 1. The number of rotatable bonds is 6. The molecule has 4 aromatic rings. The average Bonchev–Trinajstić information content (AvgIpc) is 2.94. The first-order valence-electron chi connectivity index (χ1n) is 13.1. The van der Waals surface area contributed by atoms with Crippen LogP contribution in [0.25, 0.3) is 22.2 Å². The highest BCUT2D eigenvalue weighted by Gasteiger charge is 2.33. The molecular weight excluding hydrogens is 617 g/mol. The summed E-state index contributed by atoms with van der Waals surface area (Å²) in [6, 6.07) is 21.0. The molecule has 0 radical (unpaired) electrons. The van der Waals surface area contributed by atoms with Crippen molar-refractivity contribution in [3.05, 3.63) is 88.4 Å². The molecule has 7 nitrogen and oxygen atoms in total. The van der Waals surface area contributed by atoms with E-state index in [9.17, 15) is 22.8 Å². The SMILES string of the molecule is Cc1c(-c2ccccc2)nc2ccc(Br)cc2c1C(N)=O.O=C(O)C1CCCC(Oc2ccccc2OC(F)(F)F)C1. The lowest BCUT2D eigenvalue weighted by atomic mass is 9.87. The lowest BCUT2D eigenvalue weighted by molar-refractivity contribution is -0.275. The van der Waals surface area contributed by atoms with E-state index in [2.05, 4.69) is 20.7 Å². The Morgan fingerprint density at radius 3 is 2.31 bits per heavy atom. The average molecular weight is 645 g/mol. The van der Waals surface area contributed by atoms with Crippen LogP contribution >= 0.6 is 15.9 Å². The van der Waals surface area contributed by atoms with E-state index in [-0.39, 0.29) is 12.2 Å². The van der Waals surface area contributed by atoms with Crippen molar-refractivity contribution in [2.45, 2.75) is 45.1 Å². The number of ether oxygens (including phenoxy) is 2. The monoisotopic (exact) mass is 644 g/mol. The Morgan fingerprint density at radius 1 is 1.00 bits per heavy atom. The number of carboxylic acid groups (broad SMARTS) is 1.